The molecular weight excluding hydrogens is 502 g/mol. The predicted molar refractivity (Wildman–Crippen MR) is 153 cm³/mol. The Kier molecular flexibility index (Phi) is 5.70. The molecule has 0 unspecified atom stereocenters. The molecule has 1 fully saturated rings. The van der Waals surface area contributed by atoms with Crippen molar-refractivity contribution in [3.05, 3.63) is 102 Å². The Morgan fingerprint density at radius 2 is 1.85 bits per heavy atom. The van der Waals surface area contributed by atoms with Gasteiger partial charge in [0.2, 0.25) is 5.91 Å². The summed E-state index contributed by atoms with van der Waals surface area (Å²) in [7, 11) is 2.19. The molecule has 7 heteroatoms. The van der Waals surface area contributed by atoms with Crippen LogP contribution in [-0.4, -0.2) is 57.8 Å². The minimum Gasteiger partial charge on any atom is -0.504 e. The third-order valence-corrected chi connectivity index (χ3v) is 9.22. The molecule has 2 aliphatic carbocycles. The Morgan fingerprint density at radius 1 is 1.05 bits per heavy atom. The minimum atomic E-state index is -0.594. The normalized spacial score (nSPS) is 27.4. The molecule has 0 radical (unpaired) electrons. The number of fused-ring (bicyclic) bond motifs is 1. The smallest absolute Gasteiger partial charge is 0.249 e. The summed E-state index contributed by atoms with van der Waals surface area (Å²) in [5.74, 6) is 0.750. The second-order valence-corrected chi connectivity index (χ2v) is 11.2. The molecule has 1 saturated heterocycles. The Labute approximate surface area is 232 Å². The molecule has 4 aliphatic rings. The van der Waals surface area contributed by atoms with E-state index >= 15 is 0 Å². The van der Waals surface area contributed by atoms with Gasteiger partial charge >= 0.3 is 0 Å². The number of nitrogens with zero attached hydrogens (tertiary/aromatic N) is 2. The highest BCUT2D eigenvalue weighted by Gasteiger charge is 2.64. The number of aliphatic hydroxyl groups excluding tert-OH is 1. The Hall–Kier alpha value is -4.20. The second kappa shape index (κ2) is 9.18. The number of carbonyl (C=O) groups excluding carboxylic acids is 1. The molecule has 3 aromatic carbocycles. The van der Waals surface area contributed by atoms with E-state index in [-0.39, 0.29) is 17.3 Å². The first-order chi connectivity index (χ1) is 19.4. The third-order valence-electron chi connectivity index (χ3n) is 9.22. The number of phenols is 1. The number of benzene rings is 3. The number of rotatable bonds is 2. The monoisotopic (exact) mass is 533 g/mol. The van der Waals surface area contributed by atoms with Gasteiger partial charge in [-0.1, -0.05) is 60.7 Å². The van der Waals surface area contributed by atoms with Crippen LogP contribution >= 0.6 is 0 Å². The number of aromatic nitrogens is 1. The summed E-state index contributed by atoms with van der Waals surface area (Å²) in [5.41, 5.74) is 10.6. The number of aromatic hydroxyl groups is 1. The van der Waals surface area contributed by atoms with Gasteiger partial charge in [-0.15, -0.1) is 0 Å². The molecule has 8 rings (SSSR count). The molecule has 40 heavy (non-hydrogen) atoms. The molecular formula is C33H31N3O4. The average Bonchev–Trinajstić information content (AvgIpc) is 3.33. The number of piperidine rings is 1. The quantitative estimate of drug-likeness (QED) is 0.333. The maximum Gasteiger partial charge on any atom is 0.249 e. The molecule has 7 nitrogen and oxygen atoms in total. The lowest BCUT2D eigenvalue weighted by atomic mass is 9.53. The summed E-state index contributed by atoms with van der Waals surface area (Å²) in [6.07, 6.45) is 5.18. The molecule has 3 heterocycles. The van der Waals surface area contributed by atoms with Crippen molar-refractivity contribution < 1.29 is 19.7 Å². The van der Waals surface area contributed by atoms with E-state index in [9.17, 15) is 15.0 Å². The fraction of sp³-hybridized carbons (Fsp3) is 0.273. The fourth-order valence-electron chi connectivity index (χ4n) is 7.38. The van der Waals surface area contributed by atoms with Crippen molar-refractivity contribution in [1.29, 1.82) is 0 Å². The molecule has 5 atom stereocenters. The van der Waals surface area contributed by atoms with Crippen molar-refractivity contribution in [1.82, 2.24) is 9.88 Å². The van der Waals surface area contributed by atoms with E-state index in [4.69, 9.17) is 10.5 Å². The van der Waals surface area contributed by atoms with Crippen LogP contribution in [0.25, 0.3) is 22.2 Å². The number of likely N-dealkylation sites (tertiary alicyclic amines) is 1. The third kappa shape index (κ3) is 3.58. The molecule has 1 aromatic heterocycles. The van der Waals surface area contributed by atoms with E-state index in [2.05, 4.69) is 23.0 Å². The molecule has 2 bridgehead atoms. The van der Waals surface area contributed by atoms with Crippen LogP contribution in [0.1, 0.15) is 27.9 Å². The van der Waals surface area contributed by atoms with Crippen LogP contribution in [0.15, 0.2) is 84.9 Å². The number of primary amides is 1. The maximum atomic E-state index is 11.5. The Balaban J connectivity index is 0.000000133. The zero-order valence-electron chi connectivity index (χ0n) is 22.2. The van der Waals surface area contributed by atoms with Gasteiger partial charge in [0.25, 0.3) is 0 Å². The van der Waals surface area contributed by atoms with Crippen LogP contribution in [0.5, 0.6) is 11.5 Å². The number of amides is 1. The molecule has 202 valence electrons. The van der Waals surface area contributed by atoms with E-state index in [1.54, 1.807) is 18.2 Å². The lowest BCUT2D eigenvalue weighted by molar-refractivity contribution is -0.0453. The van der Waals surface area contributed by atoms with Crippen LogP contribution in [-0.2, 0) is 11.8 Å². The standard InChI is InChI=1S/C17H19NO3.C16H12N2O/c1-18-7-6-17-10-3-5-13(20)16(17)21-15-12(19)4-2-9(14(15)17)8-11(10)18;17-16(19)13-7-3-2-6-12(13)15-10-9-11-5-1-4-8-14(11)18-15/h2-5,10-11,13,16,19-20H,6-8H2,1H3;1-10H,(H2,17,19)/t10-,11+,13-,16-,17-;/m0./s1. The second-order valence-electron chi connectivity index (χ2n) is 11.2. The van der Waals surface area contributed by atoms with Gasteiger partial charge in [-0.25, -0.2) is 4.98 Å². The minimum absolute atomic E-state index is 0.160. The van der Waals surface area contributed by atoms with E-state index in [0.717, 1.165) is 41.5 Å². The number of phenolic OH excluding ortho intramolecular Hbond substituents is 1. The van der Waals surface area contributed by atoms with Crippen LogP contribution in [0, 0.1) is 5.92 Å². The summed E-state index contributed by atoms with van der Waals surface area (Å²) in [6, 6.07) is 23.2. The van der Waals surface area contributed by atoms with E-state index in [1.165, 1.54) is 11.1 Å². The molecule has 1 spiro atoms. The van der Waals surface area contributed by atoms with Crippen LogP contribution in [0.4, 0.5) is 0 Å². The van der Waals surface area contributed by atoms with Gasteiger partial charge in [-0.05, 0) is 56.3 Å². The number of aliphatic hydroxyl groups is 1. The molecule has 2 aliphatic heterocycles. The molecule has 1 amide bonds. The van der Waals surface area contributed by atoms with Crippen molar-refractivity contribution >= 4 is 16.8 Å². The zero-order valence-corrected chi connectivity index (χ0v) is 22.2. The van der Waals surface area contributed by atoms with Gasteiger partial charge < -0.3 is 25.6 Å². The Morgan fingerprint density at radius 3 is 2.70 bits per heavy atom. The van der Waals surface area contributed by atoms with Gasteiger partial charge in [-0.2, -0.15) is 0 Å². The first-order valence-corrected chi connectivity index (χ1v) is 13.7. The first kappa shape index (κ1) is 24.8. The number of pyridine rings is 1. The summed E-state index contributed by atoms with van der Waals surface area (Å²) in [4.78, 5) is 18.5. The maximum absolute atomic E-state index is 11.5. The number of ether oxygens (including phenoxy) is 1. The highest BCUT2D eigenvalue weighted by atomic mass is 16.5. The predicted octanol–water partition coefficient (Wildman–Crippen LogP) is 4.20. The number of hydrogen-bond acceptors (Lipinski definition) is 6. The SMILES string of the molecule is CN1CC[C@]23c4c5ccc(O)c4O[C@H]2[C@@H](O)C=C[C@H]3[C@H]1C5.NC(=O)c1ccccc1-c1ccc2ccccc2n1. The number of likely N-dealkylation sites (N-methyl/N-ethyl adjacent to an activating group) is 1. The number of carbonyl (C=O) groups is 1. The number of para-hydroxylation sites is 1. The van der Waals surface area contributed by atoms with Crippen LogP contribution in [0.3, 0.4) is 0 Å². The van der Waals surface area contributed by atoms with Crippen LogP contribution < -0.4 is 10.5 Å². The fourth-order valence-corrected chi connectivity index (χ4v) is 7.38. The van der Waals surface area contributed by atoms with Gasteiger partial charge in [0.15, 0.2) is 11.5 Å². The van der Waals surface area contributed by atoms with E-state index in [0.29, 0.717) is 23.3 Å². The number of nitrogens with two attached hydrogens (primary N) is 1. The lowest BCUT2D eigenvalue weighted by Gasteiger charge is -2.56. The van der Waals surface area contributed by atoms with Gasteiger partial charge in [0, 0.05) is 39.5 Å². The zero-order chi connectivity index (χ0) is 27.6. The Bertz CT molecular complexity index is 1680. The number of hydrogen-bond donors (Lipinski definition) is 3. The van der Waals surface area contributed by atoms with Crippen molar-refractivity contribution in [2.75, 3.05) is 13.6 Å². The van der Waals surface area contributed by atoms with Crippen molar-refractivity contribution in [2.24, 2.45) is 11.7 Å². The van der Waals surface area contributed by atoms with E-state index < -0.39 is 12.0 Å². The first-order valence-electron chi connectivity index (χ1n) is 13.7. The summed E-state index contributed by atoms with van der Waals surface area (Å²) < 4.78 is 6.09. The molecule has 0 saturated carbocycles. The van der Waals surface area contributed by atoms with Gasteiger partial charge in [0.05, 0.1) is 11.2 Å². The summed E-state index contributed by atoms with van der Waals surface area (Å²) >= 11 is 0. The molecule has 4 aromatic rings. The summed E-state index contributed by atoms with van der Waals surface area (Å²) in [5, 5.41) is 21.7. The van der Waals surface area contributed by atoms with Crippen LogP contribution in [0.2, 0.25) is 0 Å². The lowest BCUT2D eigenvalue weighted by Crippen LogP contribution is -2.64. The van der Waals surface area contributed by atoms with Crippen molar-refractivity contribution in [3.8, 4) is 22.8 Å². The summed E-state index contributed by atoms with van der Waals surface area (Å²) in [6.45, 7) is 1.01. The average molecular weight is 534 g/mol. The molecule has 4 N–H and O–H groups in total. The topological polar surface area (TPSA) is 109 Å². The van der Waals surface area contributed by atoms with E-state index in [1.807, 2.05) is 60.7 Å². The highest BCUT2D eigenvalue weighted by molar-refractivity contribution is 5.99. The van der Waals surface area contributed by atoms with Crippen molar-refractivity contribution in [3.63, 3.8) is 0 Å². The van der Waals surface area contributed by atoms with Gasteiger partial charge in [-0.3, -0.25) is 4.79 Å². The van der Waals surface area contributed by atoms with Gasteiger partial charge in [0.1, 0.15) is 12.2 Å². The van der Waals surface area contributed by atoms with Crippen molar-refractivity contribution in [2.45, 2.75) is 36.5 Å². The largest absolute Gasteiger partial charge is 0.504 e. The highest BCUT2D eigenvalue weighted by Crippen LogP contribution is 2.62.